The number of carbonyl (C=O) groups excluding carboxylic acids is 2. The van der Waals surface area contributed by atoms with Crippen molar-refractivity contribution < 1.29 is 18.7 Å². The number of hydrogen-bond donors (Lipinski definition) is 4. The molecule has 2 amide bonds. The summed E-state index contributed by atoms with van der Waals surface area (Å²) >= 11 is 0. The summed E-state index contributed by atoms with van der Waals surface area (Å²) in [5.74, 6) is -1.36. The molecule has 30 heavy (non-hydrogen) atoms. The normalized spacial score (nSPS) is 16.6. The van der Waals surface area contributed by atoms with E-state index in [0.717, 1.165) is 0 Å². The minimum absolute atomic E-state index is 0.0636. The van der Waals surface area contributed by atoms with Crippen LogP contribution in [0.5, 0.6) is 0 Å². The number of carbonyl (C=O) groups is 2. The first-order valence-corrected chi connectivity index (χ1v) is 9.21. The third-order valence-electron chi connectivity index (χ3n) is 4.74. The number of oxazole rings is 1. The Labute approximate surface area is 170 Å². The van der Waals surface area contributed by atoms with E-state index in [2.05, 4.69) is 10.3 Å². The fourth-order valence-electron chi connectivity index (χ4n) is 3.26. The largest absolute Gasteiger partial charge is 0.417 e. The highest BCUT2D eigenvalue weighted by molar-refractivity contribution is 6.02. The lowest BCUT2D eigenvalue weighted by Gasteiger charge is -2.32. The predicted octanol–water partition coefficient (Wildman–Crippen LogP) is 1.17. The van der Waals surface area contributed by atoms with Crippen LogP contribution in [0.4, 0.5) is 11.4 Å². The van der Waals surface area contributed by atoms with Crippen LogP contribution in [-0.2, 0) is 14.3 Å². The van der Waals surface area contributed by atoms with Crippen molar-refractivity contribution in [3.8, 4) is 0 Å². The summed E-state index contributed by atoms with van der Waals surface area (Å²) in [6.07, 6.45) is -1.07. The summed E-state index contributed by atoms with van der Waals surface area (Å²) in [5, 5.41) is 10.1. The molecule has 2 aromatic carbocycles. The molecule has 154 valence electrons. The quantitative estimate of drug-likeness (QED) is 0.366. The minimum Gasteiger partial charge on any atom is -0.408 e. The van der Waals surface area contributed by atoms with Crippen LogP contribution in [0.15, 0.2) is 51.7 Å². The Morgan fingerprint density at radius 1 is 1.23 bits per heavy atom. The number of ether oxygens (including phenoxy) is 1. The smallest absolute Gasteiger partial charge is 0.408 e. The Hall–Kier alpha value is -3.92. The van der Waals surface area contributed by atoms with Gasteiger partial charge in [-0.3, -0.25) is 20.0 Å². The van der Waals surface area contributed by atoms with Gasteiger partial charge >= 0.3 is 5.76 Å². The van der Waals surface area contributed by atoms with Gasteiger partial charge in [-0.15, -0.1) is 0 Å². The van der Waals surface area contributed by atoms with Crippen LogP contribution in [0.25, 0.3) is 11.1 Å². The number of fused-ring (bicyclic) bond motifs is 1. The van der Waals surface area contributed by atoms with Gasteiger partial charge in [-0.1, -0.05) is 0 Å². The molecule has 0 radical (unpaired) electrons. The van der Waals surface area contributed by atoms with E-state index in [0.29, 0.717) is 34.6 Å². The molecular weight excluding hydrogens is 390 g/mol. The van der Waals surface area contributed by atoms with E-state index in [1.165, 1.54) is 4.90 Å². The first-order valence-electron chi connectivity index (χ1n) is 9.21. The summed E-state index contributed by atoms with van der Waals surface area (Å²) in [7, 11) is 0. The lowest BCUT2D eigenvalue weighted by Crippen LogP contribution is -2.49. The van der Waals surface area contributed by atoms with E-state index < -0.39 is 11.9 Å². The number of rotatable bonds is 5. The van der Waals surface area contributed by atoms with Crippen LogP contribution in [-0.4, -0.2) is 41.9 Å². The average Bonchev–Trinajstić information content (AvgIpc) is 3.09. The van der Waals surface area contributed by atoms with Gasteiger partial charge in [0.15, 0.2) is 5.58 Å². The molecule has 1 aromatic heterocycles. The van der Waals surface area contributed by atoms with Gasteiger partial charge in [-0.05, 0) is 36.4 Å². The first kappa shape index (κ1) is 19.4. The topological polar surface area (TPSA) is 155 Å². The van der Waals surface area contributed by atoms with E-state index in [1.807, 2.05) is 0 Å². The Morgan fingerprint density at radius 2 is 2.00 bits per heavy atom. The first-order chi connectivity index (χ1) is 14.4. The maximum Gasteiger partial charge on any atom is 0.417 e. The average molecular weight is 409 g/mol. The van der Waals surface area contributed by atoms with Gasteiger partial charge in [0.1, 0.15) is 11.9 Å². The van der Waals surface area contributed by atoms with Crippen LogP contribution >= 0.6 is 0 Å². The predicted molar refractivity (Wildman–Crippen MR) is 110 cm³/mol. The zero-order valence-corrected chi connectivity index (χ0v) is 15.8. The fourth-order valence-corrected chi connectivity index (χ4v) is 3.26. The molecule has 0 saturated carbocycles. The Kier molecular flexibility index (Phi) is 5.07. The molecule has 5 N–H and O–H groups in total. The number of amides is 2. The monoisotopic (exact) mass is 409 g/mol. The number of H-pyrrole nitrogens is 1. The highest BCUT2D eigenvalue weighted by atomic mass is 16.5. The van der Waals surface area contributed by atoms with Crippen molar-refractivity contribution >= 4 is 40.1 Å². The summed E-state index contributed by atoms with van der Waals surface area (Å²) < 4.78 is 10.6. The molecule has 0 unspecified atom stereocenters. The molecule has 2 heterocycles. The maximum absolute atomic E-state index is 12.9. The van der Waals surface area contributed by atoms with Crippen molar-refractivity contribution in [1.82, 2.24) is 4.98 Å². The van der Waals surface area contributed by atoms with E-state index >= 15 is 0 Å². The molecule has 1 aliphatic rings. The molecule has 1 saturated heterocycles. The molecule has 0 spiro atoms. The number of nitrogens with two attached hydrogens (primary N) is 1. The van der Waals surface area contributed by atoms with Crippen molar-refractivity contribution in [3.05, 3.63) is 58.6 Å². The standard InChI is InChI=1S/C20H19N5O5/c21-18(22)11-1-3-12(4-2-11)23-17(26)10-16-19(27)25(7-8-29-16)13-5-6-14-15(9-13)30-20(28)24-14/h1-6,9,16H,7-8,10H2,(H3,21,22)(H,23,26)(H,24,28)/t16-/m1/s1. The Balaban J connectivity index is 1.43. The lowest BCUT2D eigenvalue weighted by atomic mass is 10.1. The number of hydrogen-bond acceptors (Lipinski definition) is 6. The fraction of sp³-hybridized carbons (Fsp3) is 0.200. The summed E-state index contributed by atoms with van der Waals surface area (Å²) in [4.78, 5) is 40.6. The second-order valence-electron chi connectivity index (χ2n) is 6.79. The third kappa shape index (κ3) is 3.94. The highest BCUT2D eigenvalue weighted by Gasteiger charge is 2.32. The molecule has 10 heteroatoms. The zero-order chi connectivity index (χ0) is 21.3. The SMILES string of the molecule is N=C(N)c1ccc(NC(=O)C[C@H]2OCCN(c3ccc4[nH]c(=O)oc4c3)C2=O)cc1. The van der Waals surface area contributed by atoms with E-state index in [1.54, 1.807) is 42.5 Å². The number of amidine groups is 1. The molecular formula is C20H19N5O5. The van der Waals surface area contributed by atoms with Crippen LogP contribution in [0, 0.1) is 5.41 Å². The molecule has 1 atom stereocenters. The number of morpholine rings is 1. The number of aromatic nitrogens is 1. The van der Waals surface area contributed by atoms with E-state index in [-0.39, 0.29) is 30.7 Å². The van der Waals surface area contributed by atoms with E-state index in [9.17, 15) is 14.4 Å². The van der Waals surface area contributed by atoms with Gasteiger partial charge in [0.05, 0.1) is 18.5 Å². The van der Waals surface area contributed by atoms with E-state index in [4.69, 9.17) is 20.3 Å². The van der Waals surface area contributed by atoms with Gasteiger partial charge in [0.2, 0.25) is 5.91 Å². The number of anilines is 2. The van der Waals surface area contributed by atoms with Crippen LogP contribution < -0.4 is 21.7 Å². The molecule has 0 aliphatic carbocycles. The summed E-state index contributed by atoms with van der Waals surface area (Å²) in [5.41, 5.74) is 7.93. The molecule has 0 bridgehead atoms. The zero-order valence-electron chi connectivity index (χ0n) is 15.8. The summed E-state index contributed by atoms with van der Waals surface area (Å²) in [6.45, 7) is 0.593. The van der Waals surface area contributed by atoms with Crippen LogP contribution in [0.2, 0.25) is 0 Å². The summed E-state index contributed by atoms with van der Waals surface area (Å²) in [6, 6.07) is 11.5. The number of aromatic amines is 1. The Morgan fingerprint density at radius 3 is 2.73 bits per heavy atom. The number of nitrogen functional groups attached to an aromatic ring is 1. The third-order valence-corrected chi connectivity index (χ3v) is 4.74. The van der Waals surface area contributed by atoms with Gasteiger partial charge in [0, 0.05) is 29.5 Å². The van der Waals surface area contributed by atoms with Gasteiger partial charge < -0.3 is 25.1 Å². The van der Waals surface area contributed by atoms with Crippen LogP contribution in [0.3, 0.4) is 0 Å². The number of benzene rings is 2. The van der Waals surface area contributed by atoms with Crippen molar-refractivity contribution in [2.24, 2.45) is 5.73 Å². The van der Waals surface area contributed by atoms with Crippen molar-refractivity contribution in [2.45, 2.75) is 12.5 Å². The van der Waals surface area contributed by atoms with Crippen LogP contribution in [0.1, 0.15) is 12.0 Å². The molecule has 1 fully saturated rings. The molecule has 4 rings (SSSR count). The van der Waals surface area contributed by atoms with Crippen molar-refractivity contribution in [2.75, 3.05) is 23.4 Å². The number of nitrogens with zero attached hydrogens (tertiary/aromatic N) is 1. The van der Waals surface area contributed by atoms with Crippen molar-refractivity contribution in [1.29, 1.82) is 5.41 Å². The molecule has 3 aromatic rings. The molecule has 10 nitrogen and oxygen atoms in total. The lowest BCUT2D eigenvalue weighted by molar-refractivity contribution is -0.137. The Bertz CT molecular complexity index is 1180. The number of nitrogens with one attached hydrogen (secondary N) is 3. The van der Waals surface area contributed by atoms with Gasteiger partial charge in [0.25, 0.3) is 5.91 Å². The van der Waals surface area contributed by atoms with Crippen molar-refractivity contribution in [3.63, 3.8) is 0 Å². The molecule has 1 aliphatic heterocycles. The van der Waals surface area contributed by atoms with Gasteiger partial charge in [-0.2, -0.15) is 0 Å². The minimum atomic E-state index is -0.927. The maximum atomic E-state index is 12.9. The second-order valence-corrected chi connectivity index (χ2v) is 6.79. The van der Waals surface area contributed by atoms with Gasteiger partial charge in [-0.25, -0.2) is 4.79 Å². The second kappa shape index (κ2) is 7.84. The highest BCUT2D eigenvalue weighted by Crippen LogP contribution is 2.24.